The van der Waals surface area contributed by atoms with Crippen LogP contribution in [0.5, 0.6) is 0 Å². The summed E-state index contributed by atoms with van der Waals surface area (Å²) in [5.74, 6) is -0.520. The number of nitrogens with zero attached hydrogens (tertiary/aromatic N) is 1. The van der Waals surface area contributed by atoms with E-state index in [2.05, 4.69) is 10.3 Å². The van der Waals surface area contributed by atoms with Crippen molar-refractivity contribution in [1.29, 1.82) is 0 Å². The fourth-order valence-electron chi connectivity index (χ4n) is 2.62. The van der Waals surface area contributed by atoms with Gasteiger partial charge < -0.3 is 5.32 Å². The van der Waals surface area contributed by atoms with Crippen LogP contribution in [-0.2, 0) is 21.1 Å². The summed E-state index contributed by atoms with van der Waals surface area (Å²) < 4.78 is 38.4. The third kappa shape index (κ3) is 4.90. The van der Waals surface area contributed by atoms with E-state index in [4.69, 9.17) is 0 Å². The molecule has 27 heavy (non-hydrogen) atoms. The fourth-order valence-corrected chi connectivity index (χ4v) is 5.59. The summed E-state index contributed by atoms with van der Waals surface area (Å²) in [5.41, 5.74) is 1.85. The van der Waals surface area contributed by atoms with E-state index in [9.17, 15) is 17.6 Å². The zero-order chi connectivity index (χ0) is 19.6. The van der Waals surface area contributed by atoms with Crippen LogP contribution in [0.4, 0.5) is 10.1 Å². The van der Waals surface area contributed by atoms with Crippen molar-refractivity contribution < 1.29 is 17.6 Å². The van der Waals surface area contributed by atoms with Gasteiger partial charge in [-0.3, -0.25) is 4.79 Å². The molecule has 0 spiro atoms. The molecule has 0 atom stereocenters. The minimum atomic E-state index is -3.41. The SMILES string of the molecule is CC(C)CS(=O)(=O)c1nc2ccc(NC(=O)Cc3ccc(F)cc3)cc2s1. The molecular weight excluding hydrogens is 387 g/mol. The highest BCUT2D eigenvalue weighted by atomic mass is 32.2. The minimum Gasteiger partial charge on any atom is -0.326 e. The summed E-state index contributed by atoms with van der Waals surface area (Å²) in [6.45, 7) is 3.69. The zero-order valence-electron chi connectivity index (χ0n) is 14.9. The van der Waals surface area contributed by atoms with Gasteiger partial charge in [0.2, 0.25) is 20.1 Å². The molecule has 1 aromatic heterocycles. The number of rotatable bonds is 6. The first kappa shape index (κ1) is 19.4. The summed E-state index contributed by atoms with van der Waals surface area (Å²) in [5, 5.41) is 2.77. The standard InChI is InChI=1S/C19H19FN2O3S2/c1-12(2)11-27(24,25)19-22-16-8-7-15(10-17(16)26-19)21-18(23)9-13-3-5-14(20)6-4-13/h3-8,10,12H,9,11H2,1-2H3,(H,21,23). The number of carbonyl (C=O) groups excluding carboxylic acids is 1. The van der Waals surface area contributed by atoms with Crippen molar-refractivity contribution in [2.24, 2.45) is 5.92 Å². The van der Waals surface area contributed by atoms with Crippen molar-refractivity contribution in [2.75, 3.05) is 11.1 Å². The molecule has 1 heterocycles. The smallest absolute Gasteiger partial charge is 0.228 e. The number of carbonyl (C=O) groups is 1. The number of sulfone groups is 1. The Morgan fingerprint density at radius 3 is 2.56 bits per heavy atom. The van der Waals surface area contributed by atoms with E-state index in [0.29, 0.717) is 21.5 Å². The lowest BCUT2D eigenvalue weighted by molar-refractivity contribution is -0.115. The Hall–Kier alpha value is -2.32. The van der Waals surface area contributed by atoms with Gasteiger partial charge in [0.25, 0.3) is 0 Å². The molecule has 0 saturated carbocycles. The molecule has 1 N–H and O–H groups in total. The Labute approximate surface area is 161 Å². The number of fused-ring (bicyclic) bond motifs is 1. The van der Waals surface area contributed by atoms with Crippen LogP contribution < -0.4 is 5.32 Å². The largest absolute Gasteiger partial charge is 0.326 e. The van der Waals surface area contributed by atoms with Crippen LogP contribution in [0.15, 0.2) is 46.8 Å². The van der Waals surface area contributed by atoms with Gasteiger partial charge in [-0.2, -0.15) is 0 Å². The Bertz CT molecular complexity index is 1070. The first-order chi connectivity index (χ1) is 12.7. The summed E-state index contributed by atoms with van der Waals surface area (Å²) in [6, 6.07) is 10.8. The molecule has 0 aliphatic heterocycles. The molecule has 0 aliphatic carbocycles. The maximum absolute atomic E-state index is 12.9. The van der Waals surface area contributed by atoms with Crippen LogP contribution in [0.25, 0.3) is 10.2 Å². The van der Waals surface area contributed by atoms with Crippen LogP contribution in [0.3, 0.4) is 0 Å². The summed E-state index contributed by atoms with van der Waals surface area (Å²) in [6.07, 6.45) is 0.120. The number of anilines is 1. The van der Waals surface area contributed by atoms with Crippen LogP contribution in [0, 0.1) is 11.7 Å². The molecule has 3 aromatic rings. The highest BCUT2D eigenvalue weighted by Gasteiger charge is 2.21. The minimum absolute atomic E-state index is 0.0170. The van der Waals surface area contributed by atoms with Gasteiger partial charge >= 0.3 is 0 Å². The number of halogens is 1. The van der Waals surface area contributed by atoms with Crippen molar-refractivity contribution in [3.63, 3.8) is 0 Å². The molecule has 1 amide bonds. The predicted octanol–water partition coefficient (Wildman–Crippen LogP) is 4.05. The van der Waals surface area contributed by atoms with Crippen LogP contribution in [0.2, 0.25) is 0 Å². The number of nitrogens with one attached hydrogen (secondary N) is 1. The molecule has 0 radical (unpaired) electrons. The number of hydrogen-bond donors (Lipinski definition) is 1. The summed E-state index contributed by atoms with van der Waals surface area (Å²) >= 11 is 1.10. The molecule has 2 aromatic carbocycles. The second kappa shape index (κ2) is 7.74. The lowest BCUT2D eigenvalue weighted by atomic mass is 10.1. The Morgan fingerprint density at radius 1 is 1.19 bits per heavy atom. The molecular formula is C19H19FN2O3S2. The van der Waals surface area contributed by atoms with Crippen molar-refractivity contribution in [3.05, 3.63) is 53.8 Å². The van der Waals surface area contributed by atoms with Gasteiger partial charge in [-0.1, -0.05) is 26.0 Å². The Morgan fingerprint density at radius 2 is 1.89 bits per heavy atom. The number of hydrogen-bond acceptors (Lipinski definition) is 5. The lowest BCUT2D eigenvalue weighted by Gasteiger charge is -2.05. The van der Waals surface area contributed by atoms with Crippen LogP contribution >= 0.6 is 11.3 Å². The molecule has 3 rings (SSSR count). The number of amides is 1. The molecule has 8 heteroatoms. The molecule has 0 unspecified atom stereocenters. The van der Waals surface area contributed by atoms with E-state index in [0.717, 1.165) is 11.3 Å². The fraction of sp³-hybridized carbons (Fsp3) is 0.263. The van der Waals surface area contributed by atoms with Gasteiger partial charge in [-0.05, 0) is 41.8 Å². The van der Waals surface area contributed by atoms with Crippen molar-refractivity contribution in [1.82, 2.24) is 4.98 Å². The highest BCUT2D eigenvalue weighted by Crippen LogP contribution is 2.29. The molecule has 0 bridgehead atoms. The van der Waals surface area contributed by atoms with E-state index in [-0.39, 0.29) is 34.2 Å². The topological polar surface area (TPSA) is 76.1 Å². The summed E-state index contributed by atoms with van der Waals surface area (Å²) in [7, 11) is -3.41. The van der Waals surface area contributed by atoms with E-state index < -0.39 is 9.84 Å². The quantitative estimate of drug-likeness (QED) is 0.670. The third-order valence-corrected chi connectivity index (χ3v) is 7.30. The van der Waals surface area contributed by atoms with Gasteiger partial charge in [0.1, 0.15) is 5.82 Å². The van der Waals surface area contributed by atoms with E-state index in [1.807, 2.05) is 13.8 Å². The number of aromatic nitrogens is 1. The van der Waals surface area contributed by atoms with E-state index >= 15 is 0 Å². The van der Waals surface area contributed by atoms with Gasteiger partial charge in [0.15, 0.2) is 0 Å². The lowest BCUT2D eigenvalue weighted by Crippen LogP contribution is -2.14. The van der Waals surface area contributed by atoms with E-state index in [1.54, 1.807) is 30.3 Å². The molecule has 0 saturated heterocycles. The van der Waals surface area contributed by atoms with Crippen LogP contribution in [0.1, 0.15) is 19.4 Å². The van der Waals surface area contributed by atoms with Crippen molar-refractivity contribution in [2.45, 2.75) is 24.6 Å². The van der Waals surface area contributed by atoms with Gasteiger partial charge in [0.05, 0.1) is 22.4 Å². The maximum atomic E-state index is 12.9. The van der Waals surface area contributed by atoms with Crippen molar-refractivity contribution >= 4 is 43.0 Å². The second-order valence-electron chi connectivity index (χ2n) is 6.69. The molecule has 5 nitrogen and oxygen atoms in total. The van der Waals surface area contributed by atoms with Crippen molar-refractivity contribution in [3.8, 4) is 0 Å². The normalized spacial score (nSPS) is 11.9. The van der Waals surface area contributed by atoms with E-state index in [1.165, 1.54) is 12.1 Å². The number of thiazole rings is 1. The van der Waals surface area contributed by atoms with Gasteiger partial charge in [-0.25, -0.2) is 17.8 Å². The highest BCUT2D eigenvalue weighted by molar-refractivity contribution is 7.93. The average Bonchev–Trinajstić information content (AvgIpc) is 3.00. The first-order valence-electron chi connectivity index (χ1n) is 8.40. The maximum Gasteiger partial charge on any atom is 0.228 e. The van der Waals surface area contributed by atoms with Gasteiger partial charge in [0, 0.05) is 5.69 Å². The zero-order valence-corrected chi connectivity index (χ0v) is 16.5. The monoisotopic (exact) mass is 406 g/mol. The Balaban J connectivity index is 1.76. The average molecular weight is 407 g/mol. The van der Waals surface area contributed by atoms with Crippen LogP contribution in [-0.4, -0.2) is 25.1 Å². The molecule has 0 aliphatic rings. The van der Waals surface area contributed by atoms with Gasteiger partial charge in [-0.15, -0.1) is 11.3 Å². The molecule has 0 fully saturated rings. The summed E-state index contributed by atoms with van der Waals surface area (Å²) in [4.78, 5) is 16.4. The second-order valence-corrected chi connectivity index (χ2v) is 9.93. The Kier molecular flexibility index (Phi) is 5.57. The number of benzene rings is 2. The molecule has 142 valence electrons. The third-order valence-electron chi connectivity index (χ3n) is 3.75. The predicted molar refractivity (Wildman–Crippen MR) is 105 cm³/mol. The first-order valence-corrected chi connectivity index (χ1v) is 10.9.